The summed E-state index contributed by atoms with van der Waals surface area (Å²) >= 11 is 0. The summed E-state index contributed by atoms with van der Waals surface area (Å²) in [6.07, 6.45) is 1.09. The normalized spacial score (nSPS) is 11.5. The number of rotatable bonds is 5. The number of methoxy groups -OCH3 is 2. The Bertz CT molecular complexity index is 1170. The number of anilines is 1. The first kappa shape index (κ1) is 19.8. The number of benzene rings is 3. The molecule has 3 rings (SSSR count). The van der Waals surface area contributed by atoms with Crippen LogP contribution in [-0.2, 0) is 10.0 Å². The van der Waals surface area contributed by atoms with E-state index in [9.17, 15) is 13.5 Å². The number of hydrogen-bond donors (Lipinski definition) is 2. The summed E-state index contributed by atoms with van der Waals surface area (Å²) in [7, 11) is -0.403. The maximum Gasteiger partial charge on any atom is 0.229 e. The van der Waals surface area contributed by atoms with E-state index < -0.39 is 10.0 Å². The number of hydrogen-bond acceptors (Lipinski definition) is 5. The molecule has 0 aliphatic carbocycles. The largest absolute Gasteiger partial charge is 0.507 e. The summed E-state index contributed by atoms with van der Waals surface area (Å²) in [4.78, 5) is 0. The van der Waals surface area contributed by atoms with Gasteiger partial charge < -0.3 is 14.6 Å². The van der Waals surface area contributed by atoms with E-state index in [4.69, 9.17) is 9.47 Å². The van der Waals surface area contributed by atoms with E-state index in [1.807, 2.05) is 32.0 Å². The van der Waals surface area contributed by atoms with Gasteiger partial charge in [-0.25, -0.2) is 8.42 Å². The van der Waals surface area contributed by atoms with Gasteiger partial charge >= 0.3 is 0 Å². The van der Waals surface area contributed by atoms with Gasteiger partial charge in [0.1, 0.15) is 17.2 Å². The van der Waals surface area contributed by atoms with Crippen LogP contribution in [0.3, 0.4) is 0 Å². The van der Waals surface area contributed by atoms with Crippen molar-refractivity contribution in [3.63, 3.8) is 0 Å². The number of ether oxygens (including phenoxy) is 2. The first-order valence-corrected chi connectivity index (χ1v) is 10.5. The standard InChI is InChI=1S/C21H23NO5S/c1-12-10-17(22-28(5,24)25)19(13(2)21(12)27-4)20-16-11-15(26-3)8-6-14(16)7-9-18(20)23/h6-11,22-23H,1-5H3. The van der Waals surface area contributed by atoms with Gasteiger partial charge in [0.25, 0.3) is 0 Å². The molecule has 0 fully saturated rings. The fourth-order valence-electron chi connectivity index (χ4n) is 3.56. The number of nitrogens with one attached hydrogen (secondary N) is 1. The van der Waals surface area contributed by atoms with Crippen molar-refractivity contribution >= 4 is 26.5 Å². The lowest BCUT2D eigenvalue weighted by molar-refractivity contribution is 0.409. The molecule has 0 aliphatic heterocycles. The zero-order chi connectivity index (χ0) is 20.6. The van der Waals surface area contributed by atoms with E-state index in [0.29, 0.717) is 28.3 Å². The zero-order valence-corrected chi connectivity index (χ0v) is 17.3. The van der Waals surface area contributed by atoms with Gasteiger partial charge in [0, 0.05) is 16.7 Å². The van der Waals surface area contributed by atoms with Gasteiger partial charge in [0.05, 0.1) is 26.2 Å². The number of aromatic hydroxyl groups is 1. The van der Waals surface area contributed by atoms with E-state index >= 15 is 0 Å². The molecule has 0 atom stereocenters. The van der Waals surface area contributed by atoms with Crippen molar-refractivity contribution in [3.8, 4) is 28.4 Å². The highest BCUT2D eigenvalue weighted by Gasteiger charge is 2.22. The molecule has 0 aliphatic rings. The molecule has 0 saturated heterocycles. The van der Waals surface area contributed by atoms with Crippen LogP contribution < -0.4 is 14.2 Å². The van der Waals surface area contributed by atoms with E-state index in [-0.39, 0.29) is 5.75 Å². The lowest BCUT2D eigenvalue weighted by atomic mass is 9.91. The number of sulfonamides is 1. The van der Waals surface area contributed by atoms with Crippen LogP contribution in [0.15, 0.2) is 36.4 Å². The Kier molecular flexibility index (Phi) is 5.12. The van der Waals surface area contributed by atoms with Gasteiger partial charge in [-0.3, -0.25) is 4.72 Å². The molecule has 6 nitrogen and oxygen atoms in total. The van der Waals surface area contributed by atoms with Crippen molar-refractivity contribution in [1.82, 2.24) is 0 Å². The highest BCUT2D eigenvalue weighted by Crippen LogP contribution is 2.46. The van der Waals surface area contributed by atoms with E-state index in [2.05, 4.69) is 4.72 Å². The average Bonchev–Trinajstić information content (AvgIpc) is 2.61. The Morgan fingerprint density at radius 1 is 0.964 bits per heavy atom. The Morgan fingerprint density at radius 2 is 1.64 bits per heavy atom. The molecular weight excluding hydrogens is 378 g/mol. The van der Waals surface area contributed by atoms with Crippen molar-refractivity contribution in [2.45, 2.75) is 13.8 Å². The maximum atomic E-state index is 12.0. The smallest absolute Gasteiger partial charge is 0.229 e. The summed E-state index contributed by atoms with van der Waals surface area (Å²) in [5.41, 5.74) is 2.96. The predicted octanol–water partition coefficient (Wildman–Crippen LogP) is 4.22. The minimum Gasteiger partial charge on any atom is -0.507 e. The third kappa shape index (κ3) is 3.57. The molecule has 0 radical (unpaired) electrons. The number of aryl methyl sites for hydroxylation is 1. The second kappa shape index (κ2) is 7.24. The summed E-state index contributed by atoms with van der Waals surface area (Å²) in [6.45, 7) is 3.68. The Morgan fingerprint density at radius 3 is 2.25 bits per heavy atom. The van der Waals surface area contributed by atoms with Gasteiger partial charge in [-0.15, -0.1) is 0 Å². The third-order valence-corrected chi connectivity index (χ3v) is 5.25. The lowest BCUT2D eigenvalue weighted by Gasteiger charge is -2.21. The molecule has 0 spiro atoms. The Hall–Kier alpha value is -2.93. The topological polar surface area (TPSA) is 84.9 Å². The van der Waals surface area contributed by atoms with E-state index in [0.717, 1.165) is 28.2 Å². The summed E-state index contributed by atoms with van der Waals surface area (Å²) < 4.78 is 37.4. The Balaban J connectivity index is 2.47. The van der Waals surface area contributed by atoms with Gasteiger partial charge in [-0.05, 0) is 54.4 Å². The molecule has 28 heavy (non-hydrogen) atoms. The first-order valence-electron chi connectivity index (χ1n) is 8.62. The minimum absolute atomic E-state index is 0.0336. The predicted molar refractivity (Wildman–Crippen MR) is 112 cm³/mol. The van der Waals surface area contributed by atoms with Gasteiger partial charge in [0.15, 0.2) is 0 Å². The molecule has 7 heteroatoms. The first-order chi connectivity index (χ1) is 13.2. The number of phenolic OH excluding ortho intramolecular Hbond substituents is 1. The zero-order valence-electron chi connectivity index (χ0n) is 16.5. The van der Waals surface area contributed by atoms with Crippen LogP contribution in [0.4, 0.5) is 5.69 Å². The molecule has 148 valence electrons. The van der Waals surface area contributed by atoms with E-state index in [1.165, 1.54) is 0 Å². The highest BCUT2D eigenvalue weighted by atomic mass is 32.2. The molecule has 0 bridgehead atoms. The molecule has 0 unspecified atom stereocenters. The summed E-state index contributed by atoms with van der Waals surface area (Å²) in [6, 6.07) is 10.7. The molecule has 3 aromatic rings. The summed E-state index contributed by atoms with van der Waals surface area (Å²) in [5, 5.41) is 12.4. The lowest BCUT2D eigenvalue weighted by Crippen LogP contribution is -2.12. The van der Waals surface area contributed by atoms with Crippen LogP contribution in [0.2, 0.25) is 0 Å². The molecule has 0 amide bonds. The molecule has 0 aromatic heterocycles. The van der Waals surface area contributed by atoms with Crippen molar-refractivity contribution in [2.75, 3.05) is 25.2 Å². The minimum atomic E-state index is -3.54. The van der Waals surface area contributed by atoms with Crippen LogP contribution in [0.5, 0.6) is 17.2 Å². The average molecular weight is 401 g/mol. The van der Waals surface area contributed by atoms with Gasteiger partial charge in [0.2, 0.25) is 10.0 Å². The molecule has 3 aromatic carbocycles. The fourth-order valence-corrected chi connectivity index (χ4v) is 4.12. The highest BCUT2D eigenvalue weighted by molar-refractivity contribution is 7.92. The van der Waals surface area contributed by atoms with Crippen LogP contribution in [0.25, 0.3) is 21.9 Å². The number of phenols is 1. The van der Waals surface area contributed by atoms with Crippen LogP contribution >= 0.6 is 0 Å². The molecule has 0 saturated carbocycles. The molecular formula is C21H23NO5S. The van der Waals surface area contributed by atoms with Crippen LogP contribution in [-0.4, -0.2) is 34.0 Å². The molecule has 2 N–H and O–H groups in total. The fraction of sp³-hybridized carbons (Fsp3) is 0.238. The van der Waals surface area contributed by atoms with Crippen molar-refractivity contribution in [3.05, 3.63) is 47.5 Å². The van der Waals surface area contributed by atoms with Crippen molar-refractivity contribution in [1.29, 1.82) is 0 Å². The molecule has 0 heterocycles. The quantitative estimate of drug-likeness (QED) is 0.669. The monoisotopic (exact) mass is 401 g/mol. The van der Waals surface area contributed by atoms with Crippen molar-refractivity contribution in [2.24, 2.45) is 0 Å². The van der Waals surface area contributed by atoms with Crippen molar-refractivity contribution < 1.29 is 23.0 Å². The van der Waals surface area contributed by atoms with Gasteiger partial charge in [-0.1, -0.05) is 12.1 Å². The second-order valence-corrected chi connectivity index (χ2v) is 8.44. The van der Waals surface area contributed by atoms with Crippen LogP contribution in [0.1, 0.15) is 11.1 Å². The van der Waals surface area contributed by atoms with E-state index in [1.54, 1.807) is 32.4 Å². The second-order valence-electron chi connectivity index (χ2n) is 6.70. The maximum absolute atomic E-state index is 12.0. The van der Waals surface area contributed by atoms with Gasteiger partial charge in [-0.2, -0.15) is 0 Å². The SMILES string of the molecule is COc1ccc2ccc(O)c(-c3c(NS(C)(=O)=O)cc(C)c(OC)c3C)c2c1. The third-order valence-electron chi connectivity index (χ3n) is 4.66. The Labute approximate surface area is 164 Å². The summed E-state index contributed by atoms with van der Waals surface area (Å²) in [5.74, 6) is 1.30. The number of fused-ring (bicyclic) bond motifs is 1. The van der Waals surface area contributed by atoms with Crippen LogP contribution in [0, 0.1) is 13.8 Å².